The first-order valence-corrected chi connectivity index (χ1v) is 7.72. The lowest BCUT2D eigenvalue weighted by Gasteiger charge is -2.38. The SMILES string of the molecule is CC(c1cccnc1)N1CCC(C2CCCN2)CC1. The molecule has 0 spiro atoms. The van der Waals surface area contributed by atoms with Gasteiger partial charge in [-0.3, -0.25) is 9.88 Å². The van der Waals surface area contributed by atoms with E-state index in [1.807, 2.05) is 18.5 Å². The number of nitrogens with one attached hydrogen (secondary N) is 1. The van der Waals surface area contributed by atoms with Crippen LogP contribution in [-0.2, 0) is 0 Å². The molecule has 2 aliphatic heterocycles. The van der Waals surface area contributed by atoms with Crippen LogP contribution in [0, 0.1) is 5.92 Å². The van der Waals surface area contributed by atoms with Crippen molar-refractivity contribution < 1.29 is 0 Å². The Morgan fingerprint density at radius 3 is 2.79 bits per heavy atom. The molecule has 19 heavy (non-hydrogen) atoms. The average molecular weight is 259 g/mol. The maximum atomic E-state index is 4.24. The van der Waals surface area contributed by atoms with Crippen molar-refractivity contribution in [2.45, 2.75) is 44.7 Å². The van der Waals surface area contributed by atoms with E-state index in [1.54, 1.807) is 0 Å². The lowest BCUT2D eigenvalue weighted by molar-refractivity contribution is 0.126. The van der Waals surface area contributed by atoms with Gasteiger partial charge < -0.3 is 5.32 Å². The van der Waals surface area contributed by atoms with Gasteiger partial charge in [0, 0.05) is 24.5 Å². The third-order valence-electron chi connectivity index (χ3n) is 4.96. The molecule has 2 atom stereocenters. The summed E-state index contributed by atoms with van der Waals surface area (Å²) in [4.78, 5) is 6.86. The van der Waals surface area contributed by atoms with Crippen LogP contribution >= 0.6 is 0 Å². The highest BCUT2D eigenvalue weighted by Crippen LogP contribution is 2.29. The third-order valence-corrected chi connectivity index (χ3v) is 4.96. The Morgan fingerprint density at radius 2 is 2.16 bits per heavy atom. The summed E-state index contributed by atoms with van der Waals surface area (Å²) in [5.74, 6) is 0.903. The van der Waals surface area contributed by atoms with Crippen LogP contribution in [0.3, 0.4) is 0 Å². The Hall–Kier alpha value is -0.930. The van der Waals surface area contributed by atoms with E-state index in [-0.39, 0.29) is 0 Å². The molecule has 2 fully saturated rings. The summed E-state index contributed by atoms with van der Waals surface area (Å²) in [6.45, 7) is 6.01. The van der Waals surface area contributed by atoms with Crippen LogP contribution in [0.2, 0.25) is 0 Å². The van der Waals surface area contributed by atoms with Gasteiger partial charge in [0.1, 0.15) is 0 Å². The molecule has 0 radical (unpaired) electrons. The van der Waals surface area contributed by atoms with Gasteiger partial charge >= 0.3 is 0 Å². The summed E-state index contributed by atoms with van der Waals surface area (Å²) in [6, 6.07) is 5.55. The number of piperidine rings is 1. The van der Waals surface area contributed by atoms with E-state index in [0.29, 0.717) is 6.04 Å². The predicted octanol–water partition coefficient (Wildman–Crippen LogP) is 2.61. The molecule has 1 aromatic heterocycles. The topological polar surface area (TPSA) is 28.2 Å². The zero-order valence-electron chi connectivity index (χ0n) is 11.9. The fourth-order valence-corrected chi connectivity index (χ4v) is 3.66. The second-order valence-corrected chi connectivity index (χ2v) is 6.04. The first kappa shape index (κ1) is 13.1. The van der Waals surface area contributed by atoms with Gasteiger partial charge in [-0.05, 0) is 69.8 Å². The Balaban J connectivity index is 1.55. The summed E-state index contributed by atoms with van der Waals surface area (Å²) >= 11 is 0. The molecule has 1 aromatic rings. The van der Waals surface area contributed by atoms with Gasteiger partial charge in [-0.2, -0.15) is 0 Å². The van der Waals surface area contributed by atoms with E-state index in [2.05, 4.69) is 28.2 Å². The molecule has 1 N–H and O–H groups in total. The first-order chi connectivity index (χ1) is 9.34. The molecule has 2 unspecified atom stereocenters. The van der Waals surface area contributed by atoms with Crippen LogP contribution in [0.5, 0.6) is 0 Å². The number of nitrogens with zero attached hydrogens (tertiary/aromatic N) is 2. The predicted molar refractivity (Wildman–Crippen MR) is 78.0 cm³/mol. The van der Waals surface area contributed by atoms with Gasteiger partial charge in [0.25, 0.3) is 0 Å². The largest absolute Gasteiger partial charge is 0.314 e. The van der Waals surface area contributed by atoms with Crippen molar-refractivity contribution in [3.63, 3.8) is 0 Å². The van der Waals surface area contributed by atoms with Crippen LogP contribution in [0.15, 0.2) is 24.5 Å². The lowest BCUT2D eigenvalue weighted by atomic mass is 9.88. The number of likely N-dealkylation sites (tertiary alicyclic amines) is 1. The van der Waals surface area contributed by atoms with Crippen molar-refractivity contribution in [2.24, 2.45) is 5.92 Å². The molecular weight excluding hydrogens is 234 g/mol. The molecule has 2 saturated heterocycles. The highest BCUT2D eigenvalue weighted by molar-refractivity contribution is 5.13. The third kappa shape index (κ3) is 2.98. The molecule has 3 rings (SSSR count). The molecular formula is C16H25N3. The van der Waals surface area contributed by atoms with E-state index in [9.17, 15) is 0 Å². The number of pyridine rings is 1. The summed E-state index contributed by atoms with van der Waals surface area (Å²) in [6.07, 6.45) is 9.33. The maximum absolute atomic E-state index is 4.24. The molecule has 0 saturated carbocycles. The van der Waals surface area contributed by atoms with Crippen molar-refractivity contribution >= 4 is 0 Å². The summed E-state index contributed by atoms with van der Waals surface area (Å²) in [7, 11) is 0. The second kappa shape index (κ2) is 6.02. The van der Waals surface area contributed by atoms with Crippen LogP contribution < -0.4 is 5.32 Å². The summed E-state index contributed by atoms with van der Waals surface area (Å²) in [5.41, 5.74) is 1.35. The minimum Gasteiger partial charge on any atom is -0.314 e. The quantitative estimate of drug-likeness (QED) is 0.904. The van der Waals surface area contributed by atoms with E-state index in [0.717, 1.165) is 12.0 Å². The molecule has 0 amide bonds. The van der Waals surface area contributed by atoms with E-state index in [4.69, 9.17) is 0 Å². The number of rotatable bonds is 3. The van der Waals surface area contributed by atoms with Crippen LogP contribution in [-0.4, -0.2) is 35.6 Å². The Kier molecular flexibility index (Phi) is 4.14. The smallest absolute Gasteiger partial charge is 0.0335 e. The van der Waals surface area contributed by atoms with Gasteiger partial charge in [-0.1, -0.05) is 6.07 Å². The standard InChI is InChI=1S/C16H25N3/c1-13(15-4-2-8-17-12-15)19-10-6-14(7-11-19)16-5-3-9-18-16/h2,4,8,12-14,16,18H,3,5-7,9-11H2,1H3. The summed E-state index contributed by atoms with van der Waals surface area (Å²) < 4.78 is 0. The first-order valence-electron chi connectivity index (χ1n) is 7.72. The van der Waals surface area contributed by atoms with E-state index in [1.165, 1.54) is 50.9 Å². The number of aromatic nitrogens is 1. The molecule has 3 nitrogen and oxygen atoms in total. The minimum atomic E-state index is 0.506. The van der Waals surface area contributed by atoms with E-state index >= 15 is 0 Å². The fraction of sp³-hybridized carbons (Fsp3) is 0.688. The van der Waals surface area contributed by atoms with Gasteiger partial charge in [0.05, 0.1) is 0 Å². The fourth-order valence-electron chi connectivity index (χ4n) is 3.66. The summed E-state index contributed by atoms with van der Waals surface area (Å²) in [5, 5.41) is 3.67. The Bertz CT molecular complexity index is 378. The van der Waals surface area contributed by atoms with Gasteiger partial charge in [-0.15, -0.1) is 0 Å². The highest BCUT2D eigenvalue weighted by atomic mass is 15.2. The van der Waals surface area contributed by atoms with Gasteiger partial charge in [-0.25, -0.2) is 0 Å². The van der Waals surface area contributed by atoms with Gasteiger partial charge in [0.2, 0.25) is 0 Å². The average Bonchev–Trinajstić information content (AvgIpc) is 3.02. The van der Waals surface area contributed by atoms with Crippen LogP contribution in [0.4, 0.5) is 0 Å². The Labute approximate surface area is 116 Å². The minimum absolute atomic E-state index is 0.506. The van der Waals surface area contributed by atoms with Gasteiger partial charge in [0.15, 0.2) is 0 Å². The highest BCUT2D eigenvalue weighted by Gasteiger charge is 2.29. The normalized spacial score (nSPS) is 27.5. The maximum Gasteiger partial charge on any atom is 0.0335 e. The molecule has 2 aliphatic rings. The lowest BCUT2D eigenvalue weighted by Crippen LogP contribution is -2.41. The monoisotopic (exact) mass is 259 g/mol. The zero-order chi connectivity index (χ0) is 13.1. The van der Waals surface area contributed by atoms with Crippen LogP contribution in [0.25, 0.3) is 0 Å². The number of hydrogen-bond acceptors (Lipinski definition) is 3. The van der Waals surface area contributed by atoms with Crippen molar-refractivity contribution in [1.29, 1.82) is 0 Å². The van der Waals surface area contributed by atoms with Crippen molar-refractivity contribution in [2.75, 3.05) is 19.6 Å². The van der Waals surface area contributed by atoms with Crippen molar-refractivity contribution in [1.82, 2.24) is 15.2 Å². The molecule has 0 aliphatic carbocycles. The molecule has 0 aromatic carbocycles. The van der Waals surface area contributed by atoms with Crippen molar-refractivity contribution in [3.8, 4) is 0 Å². The van der Waals surface area contributed by atoms with E-state index < -0.39 is 0 Å². The molecule has 0 bridgehead atoms. The Morgan fingerprint density at radius 1 is 1.32 bits per heavy atom. The molecule has 3 heteroatoms. The van der Waals surface area contributed by atoms with Crippen molar-refractivity contribution in [3.05, 3.63) is 30.1 Å². The second-order valence-electron chi connectivity index (χ2n) is 6.04. The zero-order valence-corrected chi connectivity index (χ0v) is 11.9. The molecule has 3 heterocycles. The number of hydrogen-bond donors (Lipinski definition) is 1. The molecule has 104 valence electrons. The van der Waals surface area contributed by atoms with Crippen LogP contribution in [0.1, 0.15) is 44.2 Å².